The van der Waals surface area contributed by atoms with Gasteiger partial charge in [-0.05, 0) is 19.9 Å². The number of aromatic amines is 1. The lowest BCUT2D eigenvalue weighted by Gasteiger charge is -2.01. The first-order valence-corrected chi connectivity index (χ1v) is 5.66. The van der Waals surface area contributed by atoms with Gasteiger partial charge in [0.05, 0.1) is 0 Å². The Hall–Kier alpha value is -2.43. The number of aryl methyl sites for hydroxylation is 1. The molecule has 0 aliphatic carbocycles. The highest BCUT2D eigenvalue weighted by molar-refractivity contribution is 5.76. The summed E-state index contributed by atoms with van der Waals surface area (Å²) in [5, 5.41) is 2.94. The molecular formula is C13H12N4O. The molecule has 0 spiro atoms. The maximum atomic E-state index is 12.1. The van der Waals surface area contributed by atoms with Gasteiger partial charge in [0.15, 0.2) is 5.65 Å². The Morgan fingerprint density at radius 3 is 2.89 bits per heavy atom. The van der Waals surface area contributed by atoms with E-state index in [1.807, 2.05) is 19.1 Å². The molecule has 0 radical (unpaired) electrons. The van der Waals surface area contributed by atoms with Crippen molar-refractivity contribution in [2.24, 2.45) is 0 Å². The van der Waals surface area contributed by atoms with E-state index in [2.05, 4.69) is 15.1 Å². The van der Waals surface area contributed by atoms with Crippen LogP contribution in [0, 0.1) is 13.8 Å². The molecule has 5 heteroatoms. The zero-order valence-corrected chi connectivity index (χ0v) is 10.1. The number of hydrogen-bond acceptors (Lipinski definition) is 3. The summed E-state index contributed by atoms with van der Waals surface area (Å²) in [7, 11) is 0. The van der Waals surface area contributed by atoms with Gasteiger partial charge in [-0.25, -0.2) is 9.50 Å². The second-order valence-electron chi connectivity index (χ2n) is 4.22. The average Bonchev–Trinajstić information content (AvgIpc) is 2.81. The molecule has 3 heterocycles. The van der Waals surface area contributed by atoms with Crippen molar-refractivity contribution >= 4 is 5.65 Å². The molecule has 3 rings (SSSR count). The van der Waals surface area contributed by atoms with E-state index in [9.17, 15) is 4.79 Å². The predicted molar refractivity (Wildman–Crippen MR) is 68.5 cm³/mol. The molecular weight excluding hydrogens is 228 g/mol. The summed E-state index contributed by atoms with van der Waals surface area (Å²) >= 11 is 0. The molecule has 5 nitrogen and oxygen atoms in total. The molecule has 0 bridgehead atoms. The van der Waals surface area contributed by atoms with E-state index in [1.54, 1.807) is 25.5 Å². The van der Waals surface area contributed by atoms with Crippen LogP contribution in [0.4, 0.5) is 0 Å². The Balaban J connectivity index is 2.38. The first-order chi connectivity index (χ1) is 8.68. The topological polar surface area (TPSA) is 63.1 Å². The molecule has 0 fully saturated rings. The largest absolute Gasteiger partial charge is 0.296 e. The Kier molecular flexibility index (Phi) is 2.26. The lowest BCUT2D eigenvalue weighted by molar-refractivity contribution is 0.873. The molecule has 0 atom stereocenters. The van der Waals surface area contributed by atoms with E-state index in [0.29, 0.717) is 11.2 Å². The van der Waals surface area contributed by atoms with E-state index in [4.69, 9.17) is 0 Å². The van der Waals surface area contributed by atoms with Crippen LogP contribution in [0.1, 0.15) is 11.3 Å². The number of pyridine rings is 1. The van der Waals surface area contributed by atoms with Gasteiger partial charge in [-0.3, -0.25) is 14.9 Å². The lowest BCUT2D eigenvalue weighted by atomic mass is 10.1. The van der Waals surface area contributed by atoms with Gasteiger partial charge < -0.3 is 0 Å². The van der Waals surface area contributed by atoms with Crippen molar-refractivity contribution in [2.75, 3.05) is 0 Å². The molecule has 0 aliphatic heterocycles. The van der Waals surface area contributed by atoms with Crippen molar-refractivity contribution in [3.05, 3.63) is 52.3 Å². The maximum absolute atomic E-state index is 12.1. The Morgan fingerprint density at radius 1 is 1.33 bits per heavy atom. The van der Waals surface area contributed by atoms with Crippen molar-refractivity contribution in [2.45, 2.75) is 13.8 Å². The quantitative estimate of drug-likeness (QED) is 0.704. The van der Waals surface area contributed by atoms with Crippen molar-refractivity contribution in [3.8, 4) is 11.1 Å². The fraction of sp³-hybridized carbons (Fsp3) is 0.154. The van der Waals surface area contributed by atoms with Crippen LogP contribution < -0.4 is 5.56 Å². The number of nitrogens with zero attached hydrogens (tertiary/aromatic N) is 3. The molecule has 18 heavy (non-hydrogen) atoms. The van der Waals surface area contributed by atoms with Crippen molar-refractivity contribution in [1.82, 2.24) is 19.6 Å². The van der Waals surface area contributed by atoms with Gasteiger partial charge in [-0.1, -0.05) is 6.07 Å². The van der Waals surface area contributed by atoms with Crippen LogP contribution in [0.3, 0.4) is 0 Å². The highest BCUT2D eigenvalue weighted by Crippen LogP contribution is 2.21. The lowest BCUT2D eigenvalue weighted by Crippen LogP contribution is -2.19. The monoisotopic (exact) mass is 240 g/mol. The van der Waals surface area contributed by atoms with Gasteiger partial charge in [0.2, 0.25) is 0 Å². The summed E-state index contributed by atoms with van der Waals surface area (Å²) in [6.45, 7) is 3.62. The van der Waals surface area contributed by atoms with Crippen LogP contribution in [0.25, 0.3) is 16.8 Å². The van der Waals surface area contributed by atoms with E-state index in [1.165, 1.54) is 4.52 Å². The third kappa shape index (κ3) is 1.44. The molecule has 3 aromatic rings. The van der Waals surface area contributed by atoms with E-state index >= 15 is 0 Å². The molecule has 1 N–H and O–H groups in total. The molecule has 0 amide bonds. The molecule has 0 saturated carbocycles. The first kappa shape index (κ1) is 10.7. The van der Waals surface area contributed by atoms with E-state index in [-0.39, 0.29) is 5.56 Å². The number of nitrogens with one attached hydrogen (secondary N) is 1. The van der Waals surface area contributed by atoms with Crippen LogP contribution in [0.2, 0.25) is 0 Å². The molecule has 0 aromatic carbocycles. The summed E-state index contributed by atoms with van der Waals surface area (Å²) in [6, 6.07) is 3.80. The molecule has 0 aliphatic rings. The van der Waals surface area contributed by atoms with Gasteiger partial charge in [0.25, 0.3) is 5.56 Å². The summed E-state index contributed by atoms with van der Waals surface area (Å²) in [4.78, 5) is 20.6. The molecule has 3 aromatic heterocycles. The minimum Gasteiger partial charge on any atom is -0.296 e. The zero-order chi connectivity index (χ0) is 12.7. The summed E-state index contributed by atoms with van der Waals surface area (Å²) < 4.78 is 1.46. The highest BCUT2D eigenvalue weighted by Gasteiger charge is 2.12. The van der Waals surface area contributed by atoms with Gasteiger partial charge in [-0.15, -0.1) is 0 Å². The third-order valence-electron chi connectivity index (χ3n) is 3.10. The summed E-state index contributed by atoms with van der Waals surface area (Å²) in [6.07, 6.45) is 5.25. The molecule has 90 valence electrons. The average molecular weight is 240 g/mol. The van der Waals surface area contributed by atoms with Crippen molar-refractivity contribution in [3.63, 3.8) is 0 Å². The van der Waals surface area contributed by atoms with Crippen molar-refractivity contribution in [1.29, 1.82) is 0 Å². The van der Waals surface area contributed by atoms with E-state index in [0.717, 1.165) is 16.8 Å². The number of rotatable bonds is 1. The van der Waals surface area contributed by atoms with Crippen LogP contribution in [0.15, 0.2) is 35.5 Å². The summed E-state index contributed by atoms with van der Waals surface area (Å²) in [5.41, 5.74) is 3.80. The van der Waals surface area contributed by atoms with Gasteiger partial charge >= 0.3 is 0 Å². The Labute approximate surface area is 103 Å². The van der Waals surface area contributed by atoms with Crippen LogP contribution in [0.5, 0.6) is 0 Å². The fourth-order valence-electron chi connectivity index (χ4n) is 1.94. The van der Waals surface area contributed by atoms with Crippen LogP contribution in [-0.2, 0) is 0 Å². The smallest absolute Gasteiger partial charge is 0.275 e. The normalized spacial score (nSPS) is 11.0. The Bertz CT molecular complexity index is 771. The minimum absolute atomic E-state index is 0.0624. The third-order valence-corrected chi connectivity index (χ3v) is 3.10. The first-order valence-electron chi connectivity index (χ1n) is 5.66. The molecule has 0 saturated heterocycles. The van der Waals surface area contributed by atoms with Crippen molar-refractivity contribution < 1.29 is 0 Å². The summed E-state index contributed by atoms with van der Waals surface area (Å²) in [5.74, 6) is 0. The van der Waals surface area contributed by atoms with Gasteiger partial charge in [0, 0.05) is 41.0 Å². The second kappa shape index (κ2) is 3.80. The number of H-pyrrole nitrogens is 1. The second-order valence-corrected chi connectivity index (χ2v) is 4.22. The SMILES string of the molecule is Cc1nc2c(-c3cccnc3)c[nH]n2c(=O)c1C. The number of hydrogen-bond donors (Lipinski definition) is 1. The fourth-order valence-corrected chi connectivity index (χ4v) is 1.94. The van der Waals surface area contributed by atoms with Gasteiger partial charge in [0.1, 0.15) is 0 Å². The number of fused-ring (bicyclic) bond motifs is 1. The standard InChI is InChI=1S/C13H12N4O/c1-8-9(2)16-12-11(7-15-17(12)13(8)18)10-4-3-5-14-6-10/h3-7,15H,1-2H3. The van der Waals surface area contributed by atoms with E-state index < -0.39 is 0 Å². The van der Waals surface area contributed by atoms with Crippen LogP contribution in [-0.4, -0.2) is 19.6 Å². The Morgan fingerprint density at radius 2 is 2.17 bits per heavy atom. The zero-order valence-electron chi connectivity index (χ0n) is 10.1. The highest BCUT2D eigenvalue weighted by atomic mass is 16.1. The molecule has 0 unspecified atom stereocenters. The number of aromatic nitrogens is 4. The predicted octanol–water partition coefficient (Wildman–Crippen LogP) is 1.70. The van der Waals surface area contributed by atoms with Gasteiger partial charge in [-0.2, -0.15) is 0 Å². The van der Waals surface area contributed by atoms with Crippen LogP contribution >= 0.6 is 0 Å². The maximum Gasteiger partial charge on any atom is 0.275 e. The minimum atomic E-state index is -0.0624.